The molecular weight excluding hydrogens is 260 g/mol. The number of nitrogens with one attached hydrogen (secondary N) is 1. The molecule has 1 aromatic carbocycles. The van der Waals surface area contributed by atoms with Crippen LogP contribution in [0.2, 0.25) is 0 Å². The number of hydrogen-bond donors (Lipinski definition) is 1. The van der Waals surface area contributed by atoms with E-state index in [0.29, 0.717) is 6.42 Å². The maximum atomic E-state index is 11.9. The normalized spacial score (nSPS) is 18.2. The Morgan fingerprint density at radius 3 is 2.57 bits per heavy atom. The van der Waals surface area contributed by atoms with E-state index in [4.69, 9.17) is 0 Å². The lowest BCUT2D eigenvalue weighted by Crippen LogP contribution is -2.21. The first-order chi connectivity index (χ1) is 10.3. The maximum Gasteiger partial charge on any atom is 0.158 e. The van der Waals surface area contributed by atoms with Crippen molar-refractivity contribution in [2.75, 3.05) is 0 Å². The highest BCUT2D eigenvalue weighted by Gasteiger charge is 2.21. The van der Waals surface area contributed by atoms with E-state index in [0.717, 1.165) is 18.7 Å². The van der Waals surface area contributed by atoms with Crippen molar-refractivity contribution in [2.24, 2.45) is 0 Å². The minimum atomic E-state index is 0.201. The quantitative estimate of drug-likeness (QED) is 0.933. The van der Waals surface area contributed by atoms with Crippen LogP contribution in [0.25, 0.3) is 0 Å². The summed E-state index contributed by atoms with van der Waals surface area (Å²) >= 11 is 0. The van der Waals surface area contributed by atoms with Crippen LogP contribution in [0, 0.1) is 0 Å². The number of nitrogens with zero attached hydrogens (tertiary/aromatic N) is 1. The lowest BCUT2D eigenvalue weighted by atomic mass is 9.85. The predicted octanol–water partition coefficient (Wildman–Crippen LogP) is 3.20. The van der Waals surface area contributed by atoms with Crippen LogP contribution >= 0.6 is 0 Å². The van der Waals surface area contributed by atoms with Gasteiger partial charge in [-0.2, -0.15) is 0 Å². The highest BCUT2D eigenvalue weighted by molar-refractivity contribution is 5.91. The van der Waals surface area contributed by atoms with Gasteiger partial charge in [0.05, 0.1) is 0 Å². The number of hydrogen-bond acceptors (Lipinski definition) is 3. The van der Waals surface area contributed by atoms with Crippen molar-refractivity contribution in [1.29, 1.82) is 0 Å². The molecule has 3 heteroatoms. The van der Waals surface area contributed by atoms with Gasteiger partial charge in [0.15, 0.2) is 5.78 Å². The fraction of sp³-hybridized carbons (Fsp3) is 0.222. The van der Waals surface area contributed by atoms with Gasteiger partial charge >= 0.3 is 0 Å². The Hall–Kier alpha value is -2.42. The summed E-state index contributed by atoms with van der Waals surface area (Å²) in [6.45, 7) is 0.725. The summed E-state index contributed by atoms with van der Waals surface area (Å²) in [5, 5.41) is 3.38. The molecule has 1 atom stereocenters. The third-order valence-corrected chi connectivity index (χ3v) is 3.79. The minimum Gasteiger partial charge on any atom is -0.384 e. The Morgan fingerprint density at radius 2 is 1.81 bits per heavy atom. The minimum absolute atomic E-state index is 0.201. The van der Waals surface area contributed by atoms with E-state index in [1.54, 1.807) is 18.5 Å². The average molecular weight is 278 g/mol. The second-order valence-electron chi connectivity index (χ2n) is 5.36. The van der Waals surface area contributed by atoms with Crippen molar-refractivity contribution < 1.29 is 4.79 Å². The fourth-order valence-electron chi connectivity index (χ4n) is 2.69. The number of pyridine rings is 1. The summed E-state index contributed by atoms with van der Waals surface area (Å²) in [5.41, 5.74) is 3.43. The van der Waals surface area contributed by atoms with Gasteiger partial charge in [-0.1, -0.05) is 30.3 Å². The fourth-order valence-corrected chi connectivity index (χ4v) is 2.69. The van der Waals surface area contributed by atoms with Crippen molar-refractivity contribution in [3.05, 3.63) is 77.8 Å². The third kappa shape index (κ3) is 3.57. The number of benzene rings is 1. The van der Waals surface area contributed by atoms with E-state index in [1.165, 1.54) is 11.1 Å². The molecule has 106 valence electrons. The Balaban J connectivity index is 1.67. The molecule has 3 rings (SSSR count). The molecule has 0 fully saturated rings. The van der Waals surface area contributed by atoms with Crippen molar-refractivity contribution in [3.63, 3.8) is 0 Å². The molecule has 0 saturated carbocycles. The van der Waals surface area contributed by atoms with Crippen LogP contribution in [-0.4, -0.2) is 10.8 Å². The number of aromatic nitrogens is 1. The van der Waals surface area contributed by atoms with Gasteiger partial charge in [-0.3, -0.25) is 9.78 Å². The molecule has 1 N–H and O–H groups in total. The number of carbonyl (C=O) groups excluding carboxylic acids is 1. The highest BCUT2D eigenvalue weighted by atomic mass is 16.1. The van der Waals surface area contributed by atoms with Crippen molar-refractivity contribution in [2.45, 2.75) is 25.3 Å². The molecule has 0 amide bonds. The van der Waals surface area contributed by atoms with Gasteiger partial charge in [-0.15, -0.1) is 0 Å². The van der Waals surface area contributed by atoms with Gasteiger partial charge in [-0.05, 0) is 35.6 Å². The maximum absolute atomic E-state index is 11.9. The topological polar surface area (TPSA) is 42.0 Å². The molecule has 2 aromatic rings. The number of carbonyl (C=O) groups is 1. The Bertz CT molecular complexity index is 635. The average Bonchev–Trinajstić information content (AvgIpc) is 2.54. The molecule has 1 aromatic heterocycles. The Morgan fingerprint density at radius 1 is 1.05 bits per heavy atom. The summed E-state index contributed by atoms with van der Waals surface area (Å²) in [4.78, 5) is 15.9. The molecular formula is C18H18N2O. The first-order valence-corrected chi connectivity index (χ1v) is 7.22. The second kappa shape index (κ2) is 6.35. The zero-order valence-electron chi connectivity index (χ0n) is 11.8. The largest absolute Gasteiger partial charge is 0.384 e. The molecule has 1 aliphatic rings. The molecule has 0 aliphatic heterocycles. The van der Waals surface area contributed by atoms with Crippen LogP contribution in [0.5, 0.6) is 0 Å². The molecule has 1 heterocycles. The molecule has 0 radical (unpaired) electrons. The molecule has 0 bridgehead atoms. The number of ketones is 1. The van der Waals surface area contributed by atoms with Gasteiger partial charge in [0.1, 0.15) is 0 Å². The Labute approximate surface area is 124 Å². The molecule has 1 aliphatic carbocycles. The van der Waals surface area contributed by atoms with Crippen molar-refractivity contribution >= 4 is 5.78 Å². The molecule has 0 spiro atoms. The van der Waals surface area contributed by atoms with E-state index >= 15 is 0 Å². The molecule has 0 unspecified atom stereocenters. The highest BCUT2D eigenvalue weighted by Crippen LogP contribution is 2.30. The lowest BCUT2D eigenvalue weighted by molar-refractivity contribution is -0.115. The van der Waals surface area contributed by atoms with Crippen LogP contribution in [0.3, 0.4) is 0 Å². The van der Waals surface area contributed by atoms with Crippen LogP contribution in [0.15, 0.2) is 66.6 Å². The first kappa shape index (κ1) is 13.6. The van der Waals surface area contributed by atoms with E-state index < -0.39 is 0 Å². The van der Waals surface area contributed by atoms with Gasteiger partial charge < -0.3 is 5.32 Å². The summed E-state index contributed by atoms with van der Waals surface area (Å²) < 4.78 is 0. The number of allylic oxidation sites excluding steroid dienone is 2. The van der Waals surface area contributed by atoms with Gasteiger partial charge in [0.2, 0.25) is 0 Å². The van der Waals surface area contributed by atoms with Gasteiger partial charge in [0.25, 0.3) is 0 Å². The summed E-state index contributed by atoms with van der Waals surface area (Å²) in [5.74, 6) is 0.482. The summed E-state index contributed by atoms with van der Waals surface area (Å²) in [6.07, 6.45) is 6.81. The SMILES string of the molecule is O=C1C=C(NCc2ccncc2)C[C@@H](c2ccccc2)C1. The van der Waals surface area contributed by atoms with E-state index in [2.05, 4.69) is 22.4 Å². The zero-order chi connectivity index (χ0) is 14.5. The predicted molar refractivity (Wildman–Crippen MR) is 82.6 cm³/mol. The standard InChI is InChI=1S/C18H18N2O/c21-18-11-16(15-4-2-1-3-5-15)10-17(12-18)20-13-14-6-8-19-9-7-14/h1-9,12,16,20H,10-11,13H2/t16-/m1/s1. The van der Waals surface area contributed by atoms with E-state index in [1.807, 2.05) is 30.3 Å². The van der Waals surface area contributed by atoms with Crippen LogP contribution in [-0.2, 0) is 11.3 Å². The number of rotatable bonds is 4. The van der Waals surface area contributed by atoms with Crippen LogP contribution < -0.4 is 5.32 Å². The van der Waals surface area contributed by atoms with Crippen molar-refractivity contribution in [3.8, 4) is 0 Å². The zero-order valence-corrected chi connectivity index (χ0v) is 11.8. The van der Waals surface area contributed by atoms with E-state index in [9.17, 15) is 4.79 Å². The third-order valence-electron chi connectivity index (χ3n) is 3.79. The van der Waals surface area contributed by atoms with Gasteiger partial charge in [-0.25, -0.2) is 0 Å². The lowest BCUT2D eigenvalue weighted by Gasteiger charge is -2.23. The van der Waals surface area contributed by atoms with Crippen LogP contribution in [0.1, 0.15) is 29.9 Å². The van der Waals surface area contributed by atoms with Crippen LogP contribution in [0.4, 0.5) is 0 Å². The first-order valence-electron chi connectivity index (χ1n) is 7.22. The summed E-state index contributed by atoms with van der Waals surface area (Å²) in [7, 11) is 0. The van der Waals surface area contributed by atoms with E-state index in [-0.39, 0.29) is 11.7 Å². The van der Waals surface area contributed by atoms with Gasteiger partial charge in [0, 0.05) is 37.1 Å². The monoisotopic (exact) mass is 278 g/mol. The molecule has 0 saturated heterocycles. The summed E-state index contributed by atoms with van der Waals surface area (Å²) in [6, 6.07) is 14.2. The van der Waals surface area contributed by atoms with Crippen molar-refractivity contribution in [1.82, 2.24) is 10.3 Å². The Kier molecular flexibility index (Phi) is 4.10. The smallest absolute Gasteiger partial charge is 0.158 e. The second-order valence-corrected chi connectivity index (χ2v) is 5.36. The molecule has 3 nitrogen and oxygen atoms in total. The molecule has 21 heavy (non-hydrogen) atoms.